The highest BCUT2D eigenvalue weighted by Gasteiger charge is 2.34. The van der Waals surface area contributed by atoms with Gasteiger partial charge in [-0.2, -0.15) is 10.5 Å². The van der Waals surface area contributed by atoms with Crippen LogP contribution in [0.1, 0.15) is 40.8 Å². The Hall–Kier alpha value is -4.43. The second-order valence-electron chi connectivity index (χ2n) is 7.19. The van der Waals surface area contributed by atoms with Crippen molar-refractivity contribution in [3.8, 4) is 29.5 Å². The molecule has 3 aromatic rings. The number of hydrogen-bond donors (Lipinski definition) is 2. The highest BCUT2D eigenvalue weighted by molar-refractivity contribution is 5.57. The molecule has 1 aliphatic heterocycles. The fourth-order valence-corrected chi connectivity index (χ4v) is 3.73. The summed E-state index contributed by atoms with van der Waals surface area (Å²) in [5, 5.41) is 26.1. The molecule has 0 saturated carbocycles. The number of allylic oxidation sites excluding steroid dienone is 1. The number of nitrogens with zero attached hydrogens (tertiary/aromatic N) is 3. The third kappa shape index (κ3) is 3.70. The lowest BCUT2D eigenvalue weighted by molar-refractivity contribution is 0.269. The number of aryl methyl sites for hydroxylation is 1. The highest BCUT2D eigenvalue weighted by atomic mass is 16.5. The monoisotopic (exact) mass is 427 g/mol. The standard InChI is InChI=1S/C24H21N5O3/c1-3-30-20-10-15(8-9-19(20)31-13-17-7-5-4-6-16(17)11-25)22-18(12-26)23(27)32-24-21(22)14(2)28-29-24/h4-10,22H,3,13,27H2,1-2H3,(H,28,29). The minimum atomic E-state index is -0.449. The van der Waals surface area contributed by atoms with Crippen LogP contribution in [0.2, 0.25) is 0 Å². The zero-order chi connectivity index (χ0) is 22.7. The van der Waals surface area contributed by atoms with Crippen LogP contribution in [0, 0.1) is 29.6 Å². The molecular weight excluding hydrogens is 406 g/mol. The third-order valence-corrected chi connectivity index (χ3v) is 5.25. The lowest BCUT2D eigenvalue weighted by Crippen LogP contribution is -2.21. The van der Waals surface area contributed by atoms with Crippen molar-refractivity contribution in [2.75, 3.05) is 6.61 Å². The molecule has 0 radical (unpaired) electrons. The van der Waals surface area contributed by atoms with Gasteiger partial charge in [0.2, 0.25) is 11.8 Å². The fourth-order valence-electron chi connectivity index (χ4n) is 3.73. The van der Waals surface area contributed by atoms with Crippen LogP contribution in [0.3, 0.4) is 0 Å². The van der Waals surface area contributed by atoms with Crippen molar-refractivity contribution in [2.45, 2.75) is 26.4 Å². The Morgan fingerprint density at radius 1 is 1.12 bits per heavy atom. The maximum Gasteiger partial charge on any atom is 0.244 e. The second kappa shape index (κ2) is 8.75. The Kier molecular flexibility index (Phi) is 5.69. The van der Waals surface area contributed by atoms with Crippen LogP contribution in [0.4, 0.5) is 0 Å². The molecule has 0 bridgehead atoms. The Morgan fingerprint density at radius 2 is 1.94 bits per heavy atom. The molecule has 4 rings (SSSR count). The van der Waals surface area contributed by atoms with Crippen molar-refractivity contribution in [2.24, 2.45) is 5.73 Å². The molecule has 160 valence electrons. The molecule has 8 nitrogen and oxygen atoms in total. The van der Waals surface area contributed by atoms with Crippen molar-refractivity contribution in [1.82, 2.24) is 10.2 Å². The predicted octanol–water partition coefficient (Wildman–Crippen LogP) is 3.79. The van der Waals surface area contributed by atoms with E-state index >= 15 is 0 Å². The van der Waals surface area contributed by atoms with E-state index in [0.29, 0.717) is 35.1 Å². The molecule has 0 saturated heterocycles. The molecule has 3 N–H and O–H groups in total. The number of aromatic nitrogens is 2. The van der Waals surface area contributed by atoms with E-state index in [1.807, 2.05) is 44.2 Å². The molecule has 0 aliphatic carbocycles. The normalized spacial score (nSPS) is 14.7. The van der Waals surface area contributed by atoms with Crippen LogP contribution in [-0.4, -0.2) is 16.8 Å². The summed E-state index contributed by atoms with van der Waals surface area (Å²) >= 11 is 0. The Morgan fingerprint density at radius 3 is 2.69 bits per heavy atom. The molecule has 0 fully saturated rings. The Labute approximate surface area is 185 Å². The van der Waals surface area contributed by atoms with Gasteiger partial charge < -0.3 is 19.9 Å². The Balaban J connectivity index is 1.71. The van der Waals surface area contributed by atoms with Crippen LogP contribution < -0.4 is 19.9 Å². The lowest BCUT2D eigenvalue weighted by Gasteiger charge is -2.24. The van der Waals surface area contributed by atoms with E-state index in [4.69, 9.17) is 19.9 Å². The largest absolute Gasteiger partial charge is 0.490 e. The molecule has 1 unspecified atom stereocenters. The summed E-state index contributed by atoms with van der Waals surface area (Å²) < 4.78 is 17.4. The van der Waals surface area contributed by atoms with E-state index in [-0.39, 0.29) is 12.5 Å². The van der Waals surface area contributed by atoms with Gasteiger partial charge in [-0.05, 0) is 37.6 Å². The topological polar surface area (TPSA) is 130 Å². The van der Waals surface area contributed by atoms with Gasteiger partial charge in [0.1, 0.15) is 18.2 Å². The van der Waals surface area contributed by atoms with Crippen molar-refractivity contribution < 1.29 is 14.2 Å². The first kappa shape index (κ1) is 20.8. The lowest BCUT2D eigenvalue weighted by atomic mass is 9.84. The number of hydrogen-bond acceptors (Lipinski definition) is 7. The van der Waals surface area contributed by atoms with Gasteiger partial charge in [-0.1, -0.05) is 24.3 Å². The second-order valence-corrected chi connectivity index (χ2v) is 7.19. The first-order chi connectivity index (χ1) is 15.6. The molecule has 1 aromatic heterocycles. The SMILES string of the molecule is CCOc1cc(C2C(C#N)=C(N)Oc3n[nH]c(C)c32)ccc1OCc1ccccc1C#N. The summed E-state index contributed by atoms with van der Waals surface area (Å²) in [5.74, 6) is 1.01. The van der Waals surface area contributed by atoms with Gasteiger partial charge >= 0.3 is 0 Å². The number of fused-ring (bicyclic) bond motifs is 1. The van der Waals surface area contributed by atoms with Gasteiger partial charge in [-0.3, -0.25) is 5.10 Å². The van der Waals surface area contributed by atoms with E-state index in [1.54, 1.807) is 12.1 Å². The van der Waals surface area contributed by atoms with E-state index in [9.17, 15) is 10.5 Å². The van der Waals surface area contributed by atoms with Gasteiger partial charge in [0, 0.05) is 16.8 Å². The predicted molar refractivity (Wildman–Crippen MR) is 116 cm³/mol. The minimum absolute atomic E-state index is 0.0305. The van der Waals surface area contributed by atoms with Crippen molar-refractivity contribution in [3.63, 3.8) is 0 Å². The van der Waals surface area contributed by atoms with E-state index < -0.39 is 5.92 Å². The number of nitriles is 2. The van der Waals surface area contributed by atoms with Crippen molar-refractivity contribution in [3.05, 3.63) is 81.9 Å². The minimum Gasteiger partial charge on any atom is -0.490 e. The molecule has 1 atom stereocenters. The molecule has 2 heterocycles. The van der Waals surface area contributed by atoms with Crippen LogP contribution in [-0.2, 0) is 6.61 Å². The van der Waals surface area contributed by atoms with E-state index in [2.05, 4.69) is 22.3 Å². The van der Waals surface area contributed by atoms with Crippen molar-refractivity contribution >= 4 is 0 Å². The van der Waals surface area contributed by atoms with Gasteiger partial charge in [-0.15, -0.1) is 5.10 Å². The Bertz CT molecular complexity index is 1280. The van der Waals surface area contributed by atoms with Gasteiger partial charge in [0.15, 0.2) is 11.5 Å². The summed E-state index contributed by atoms with van der Waals surface area (Å²) in [7, 11) is 0. The zero-order valence-corrected chi connectivity index (χ0v) is 17.7. The fraction of sp³-hybridized carbons (Fsp3) is 0.208. The number of rotatable bonds is 6. The smallest absolute Gasteiger partial charge is 0.244 e. The summed E-state index contributed by atoms with van der Waals surface area (Å²) in [4.78, 5) is 0. The van der Waals surface area contributed by atoms with E-state index in [1.165, 1.54) is 0 Å². The summed E-state index contributed by atoms with van der Waals surface area (Å²) in [6.45, 7) is 4.40. The van der Waals surface area contributed by atoms with Crippen LogP contribution in [0.15, 0.2) is 53.9 Å². The van der Waals surface area contributed by atoms with Crippen LogP contribution in [0.25, 0.3) is 0 Å². The zero-order valence-electron chi connectivity index (χ0n) is 17.7. The number of benzene rings is 2. The molecular formula is C24H21N5O3. The van der Waals surface area contributed by atoms with Crippen molar-refractivity contribution in [1.29, 1.82) is 10.5 Å². The highest BCUT2D eigenvalue weighted by Crippen LogP contribution is 2.44. The molecule has 2 aromatic carbocycles. The van der Waals surface area contributed by atoms with Gasteiger partial charge in [-0.25, -0.2) is 0 Å². The third-order valence-electron chi connectivity index (χ3n) is 5.25. The average molecular weight is 427 g/mol. The molecule has 0 amide bonds. The maximum absolute atomic E-state index is 9.75. The summed E-state index contributed by atoms with van der Waals surface area (Å²) in [6, 6.07) is 17.1. The number of nitrogens with one attached hydrogen (secondary N) is 1. The van der Waals surface area contributed by atoms with E-state index in [0.717, 1.165) is 22.4 Å². The number of nitrogens with two attached hydrogens (primary N) is 1. The maximum atomic E-state index is 9.75. The first-order valence-corrected chi connectivity index (χ1v) is 10.1. The summed E-state index contributed by atoms with van der Waals surface area (Å²) in [5.41, 5.74) is 10.0. The molecule has 1 aliphatic rings. The van der Waals surface area contributed by atoms with Crippen LogP contribution >= 0.6 is 0 Å². The number of aromatic amines is 1. The average Bonchev–Trinajstić information content (AvgIpc) is 3.17. The quantitative estimate of drug-likeness (QED) is 0.612. The number of ether oxygens (including phenoxy) is 3. The molecule has 0 spiro atoms. The first-order valence-electron chi connectivity index (χ1n) is 10.1. The summed E-state index contributed by atoms with van der Waals surface area (Å²) in [6.07, 6.45) is 0. The van der Waals surface area contributed by atoms with Gasteiger partial charge in [0.05, 0.1) is 24.2 Å². The van der Waals surface area contributed by atoms with Gasteiger partial charge in [0.25, 0.3) is 0 Å². The van der Waals surface area contributed by atoms with Crippen LogP contribution in [0.5, 0.6) is 17.4 Å². The molecule has 32 heavy (non-hydrogen) atoms. The number of H-pyrrole nitrogens is 1. The molecule has 8 heteroatoms.